The Labute approximate surface area is 185 Å². The summed E-state index contributed by atoms with van der Waals surface area (Å²) in [7, 11) is 3.95. The monoisotopic (exact) mass is 440 g/mol. The van der Waals surface area contributed by atoms with Crippen molar-refractivity contribution in [1.82, 2.24) is 9.88 Å². The van der Waals surface area contributed by atoms with E-state index >= 15 is 0 Å². The van der Waals surface area contributed by atoms with Crippen molar-refractivity contribution < 1.29 is 14.5 Å². The van der Waals surface area contributed by atoms with Crippen molar-refractivity contribution in [2.24, 2.45) is 5.41 Å². The number of aromatic amines is 1. The fourth-order valence-electron chi connectivity index (χ4n) is 3.29. The topological polar surface area (TPSA) is 118 Å². The van der Waals surface area contributed by atoms with E-state index in [0.29, 0.717) is 17.7 Å². The average Bonchev–Trinajstić information content (AvgIpc) is 2.70. The van der Waals surface area contributed by atoms with Gasteiger partial charge >= 0.3 is 5.97 Å². The summed E-state index contributed by atoms with van der Waals surface area (Å²) < 4.78 is 5.43. The van der Waals surface area contributed by atoms with Gasteiger partial charge in [-0.1, -0.05) is 0 Å². The van der Waals surface area contributed by atoms with Gasteiger partial charge in [0.05, 0.1) is 21.2 Å². The number of aromatic nitrogens is 1. The van der Waals surface area contributed by atoms with Gasteiger partial charge in [0.25, 0.3) is 5.69 Å². The summed E-state index contributed by atoms with van der Waals surface area (Å²) in [4.78, 5) is 41.8. The third-order valence-corrected chi connectivity index (χ3v) is 5.02. The first-order chi connectivity index (χ1) is 15.0. The summed E-state index contributed by atoms with van der Waals surface area (Å²) in [6.07, 6.45) is 0.837. The molecule has 3 rings (SSSR count). The van der Waals surface area contributed by atoms with E-state index in [2.05, 4.69) is 15.2 Å². The number of pyridine rings is 1. The molecule has 2 N–H and O–H groups in total. The summed E-state index contributed by atoms with van der Waals surface area (Å²) in [5.74, 6) is -0.179. The van der Waals surface area contributed by atoms with Gasteiger partial charge in [-0.15, -0.1) is 0 Å². The number of carbonyl (C=O) groups is 1. The molecule has 0 radical (unpaired) electrons. The lowest BCUT2D eigenvalue weighted by Gasteiger charge is -2.16. The number of esters is 1. The van der Waals surface area contributed by atoms with Crippen LogP contribution in [-0.2, 0) is 4.79 Å². The molecule has 0 spiro atoms. The number of nitro benzene ring substituents is 1. The number of non-ortho nitro benzene ring substituents is 1. The van der Waals surface area contributed by atoms with Gasteiger partial charge in [0.15, 0.2) is 5.43 Å². The standard InChI is InChI=1S/C23H28N4O5/c1-23(2,3)22(29)32-14-7-8-16-15(13-14)21(28)19-17(24-11-6-12-26(4)5)9-10-18(27(30)31)20(19)25-16/h7-10,13,24H,6,11-12H2,1-5H3,(H,25,28). The zero-order valence-corrected chi connectivity index (χ0v) is 18.9. The Morgan fingerprint density at radius 2 is 1.94 bits per heavy atom. The molecular weight excluding hydrogens is 412 g/mol. The van der Waals surface area contributed by atoms with Crippen molar-refractivity contribution >= 4 is 39.1 Å². The number of hydrogen-bond acceptors (Lipinski definition) is 7. The predicted octanol–water partition coefficient (Wildman–Crippen LogP) is 3.90. The molecule has 0 aliphatic heterocycles. The fraction of sp³-hybridized carbons (Fsp3) is 0.391. The van der Waals surface area contributed by atoms with Gasteiger partial charge < -0.3 is 19.9 Å². The molecule has 0 amide bonds. The van der Waals surface area contributed by atoms with Gasteiger partial charge in [0.1, 0.15) is 11.3 Å². The van der Waals surface area contributed by atoms with E-state index in [0.717, 1.165) is 13.0 Å². The highest BCUT2D eigenvalue weighted by molar-refractivity contribution is 6.03. The van der Waals surface area contributed by atoms with E-state index < -0.39 is 16.3 Å². The van der Waals surface area contributed by atoms with Crippen LogP contribution in [0.4, 0.5) is 11.4 Å². The van der Waals surface area contributed by atoms with E-state index in [4.69, 9.17) is 4.74 Å². The molecule has 2 aromatic carbocycles. The Balaban J connectivity index is 2.12. The molecule has 0 saturated heterocycles. The van der Waals surface area contributed by atoms with Crippen LogP contribution in [0.5, 0.6) is 5.75 Å². The molecular formula is C23H28N4O5. The third-order valence-electron chi connectivity index (χ3n) is 5.02. The molecule has 9 heteroatoms. The van der Waals surface area contributed by atoms with E-state index in [9.17, 15) is 19.7 Å². The smallest absolute Gasteiger partial charge is 0.316 e. The van der Waals surface area contributed by atoms with Crippen molar-refractivity contribution in [3.8, 4) is 5.75 Å². The first-order valence-electron chi connectivity index (χ1n) is 10.4. The van der Waals surface area contributed by atoms with E-state index in [1.807, 2.05) is 14.1 Å². The van der Waals surface area contributed by atoms with Crippen LogP contribution in [0.15, 0.2) is 35.1 Å². The van der Waals surface area contributed by atoms with Crippen LogP contribution in [0, 0.1) is 15.5 Å². The third kappa shape index (κ3) is 4.88. The maximum atomic E-state index is 13.4. The molecule has 3 aromatic rings. The van der Waals surface area contributed by atoms with Crippen molar-refractivity contribution in [2.75, 3.05) is 32.5 Å². The lowest BCUT2D eigenvalue weighted by Crippen LogP contribution is -2.25. The number of carbonyl (C=O) groups excluding carboxylic acids is 1. The molecule has 0 aliphatic rings. The van der Waals surface area contributed by atoms with Gasteiger partial charge in [-0.25, -0.2) is 0 Å². The first-order valence-corrected chi connectivity index (χ1v) is 10.4. The summed E-state index contributed by atoms with van der Waals surface area (Å²) in [5.41, 5.74) is -0.156. The average molecular weight is 441 g/mol. The van der Waals surface area contributed by atoms with Gasteiger partial charge in [-0.3, -0.25) is 19.7 Å². The predicted molar refractivity (Wildman–Crippen MR) is 125 cm³/mol. The number of nitrogens with one attached hydrogen (secondary N) is 2. The minimum Gasteiger partial charge on any atom is -0.426 e. The molecule has 0 atom stereocenters. The minimum absolute atomic E-state index is 0.157. The van der Waals surface area contributed by atoms with Gasteiger partial charge in [0, 0.05) is 23.7 Å². The van der Waals surface area contributed by atoms with Gasteiger partial charge in [-0.05, 0) is 72.1 Å². The highest BCUT2D eigenvalue weighted by atomic mass is 16.6. The number of hydrogen-bond donors (Lipinski definition) is 2. The number of anilines is 1. The number of H-pyrrole nitrogens is 1. The lowest BCUT2D eigenvalue weighted by atomic mass is 9.97. The highest BCUT2D eigenvalue weighted by Gasteiger charge is 2.24. The van der Waals surface area contributed by atoms with Crippen molar-refractivity contribution in [2.45, 2.75) is 27.2 Å². The minimum atomic E-state index is -0.699. The molecule has 9 nitrogen and oxygen atoms in total. The maximum Gasteiger partial charge on any atom is 0.316 e. The van der Waals surface area contributed by atoms with Crippen molar-refractivity contribution in [1.29, 1.82) is 0 Å². The Hall–Kier alpha value is -3.46. The second-order valence-electron chi connectivity index (χ2n) is 9.02. The van der Waals surface area contributed by atoms with Crippen LogP contribution in [0.3, 0.4) is 0 Å². The quantitative estimate of drug-likeness (QED) is 0.143. The van der Waals surface area contributed by atoms with E-state index in [1.54, 1.807) is 39.0 Å². The van der Waals surface area contributed by atoms with Crippen LogP contribution >= 0.6 is 0 Å². The van der Waals surface area contributed by atoms with Gasteiger partial charge in [0.2, 0.25) is 0 Å². The molecule has 0 saturated carbocycles. The van der Waals surface area contributed by atoms with Crippen LogP contribution in [-0.4, -0.2) is 48.0 Å². The van der Waals surface area contributed by atoms with E-state index in [-0.39, 0.29) is 33.2 Å². The molecule has 0 unspecified atom stereocenters. The Bertz CT molecular complexity index is 1240. The Morgan fingerprint density at radius 1 is 1.22 bits per heavy atom. The van der Waals surface area contributed by atoms with Crippen LogP contribution in [0.25, 0.3) is 21.8 Å². The van der Waals surface area contributed by atoms with Crippen LogP contribution in [0.2, 0.25) is 0 Å². The molecule has 1 aromatic heterocycles. The molecule has 0 bridgehead atoms. The SMILES string of the molecule is CN(C)CCCNc1ccc([N+](=O)[O-])c2[nH]c3ccc(OC(=O)C(C)(C)C)cc3c(=O)c12. The Kier molecular flexibility index (Phi) is 6.50. The summed E-state index contributed by atoms with van der Waals surface area (Å²) >= 11 is 0. The van der Waals surface area contributed by atoms with Crippen molar-refractivity contribution in [3.05, 3.63) is 50.7 Å². The largest absolute Gasteiger partial charge is 0.426 e. The van der Waals surface area contributed by atoms with Crippen LogP contribution in [0.1, 0.15) is 27.2 Å². The first kappa shape index (κ1) is 23.2. The Morgan fingerprint density at radius 3 is 2.56 bits per heavy atom. The number of ether oxygens (including phenoxy) is 1. The molecule has 0 aliphatic carbocycles. The van der Waals surface area contributed by atoms with E-state index in [1.165, 1.54) is 12.1 Å². The fourth-order valence-corrected chi connectivity index (χ4v) is 3.29. The van der Waals surface area contributed by atoms with Gasteiger partial charge in [-0.2, -0.15) is 0 Å². The molecule has 0 fully saturated rings. The zero-order chi connectivity index (χ0) is 23.6. The molecule has 32 heavy (non-hydrogen) atoms. The number of nitrogens with zero attached hydrogens (tertiary/aromatic N) is 2. The number of benzene rings is 2. The second kappa shape index (κ2) is 8.96. The number of rotatable bonds is 7. The summed E-state index contributed by atoms with van der Waals surface area (Å²) in [6.45, 7) is 6.68. The second-order valence-corrected chi connectivity index (χ2v) is 9.02. The van der Waals surface area contributed by atoms with Crippen LogP contribution < -0.4 is 15.5 Å². The number of fused-ring (bicyclic) bond motifs is 2. The highest BCUT2D eigenvalue weighted by Crippen LogP contribution is 2.31. The normalized spacial score (nSPS) is 11.8. The summed E-state index contributed by atoms with van der Waals surface area (Å²) in [6, 6.07) is 7.58. The molecule has 1 heterocycles. The maximum absolute atomic E-state index is 13.4. The molecule has 170 valence electrons. The number of nitro groups is 1. The summed E-state index contributed by atoms with van der Waals surface area (Å²) in [5, 5.41) is 15.3. The zero-order valence-electron chi connectivity index (χ0n) is 18.9. The lowest BCUT2D eigenvalue weighted by molar-refractivity contribution is -0.383. The van der Waals surface area contributed by atoms with Crippen molar-refractivity contribution in [3.63, 3.8) is 0 Å².